The molecule has 3 rings (SSSR count). The molecule has 1 fully saturated rings. The minimum Gasteiger partial charge on any atom is -0.354 e. The van der Waals surface area contributed by atoms with Gasteiger partial charge in [-0.1, -0.05) is 0 Å². The summed E-state index contributed by atoms with van der Waals surface area (Å²) in [7, 11) is 3.46. The highest BCUT2D eigenvalue weighted by Crippen LogP contribution is 2.27. The number of carbonyl (C=O) groups excluding carboxylic acids is 1. The van der Waals surface area contributed by atoms with Crippen molar-refractivity contribution in [2.75, 3.05) is 10.2 Å². The predicted molar refractivity (Wildman–Crippen MR) is 81.7 cm³/mol. The van der Waals surface area contributed by atoms with E-state index in [1.165, 1.54) is 10.8 Å². The summed E-state index contributed by atoms with van der Waals surface area (Å²) in [5.74, 6) is 0.122. The van der Waals surface area contributed by atoms with Crippen molar-refractivity contribution in [3.05, 3.63) is 35.1 Å². The van der Waals surface area contributed by atoms with E-state index in [9.17, 15) is 9.59 Å². The highest BCUT2D eigenvalue weighted by atomic mass is 16.2. The Hall–Kier alpha value is -2.64. The van der Waals surface area contributed by atoms with E-state index in [0.29, 0.717) is 6.42 Å². The van der Waals surface area contributed by atoms with Gasteiger partial charge in [0, 0.05) is 38.7 Å². The molecular formula is C14H18N6O2. The van der Waals surface area contributed by atoms with Gasteiger partial charge in [0.2, 0.25) is 5.91 Å². The number of aryl methyl sites for hydroxylation is 2. The third-order valence-corrected chi connectivity index (χ3v) is 3.85. The van der Waals surface area contributed by atoms with Gasteiger partial charge in [0.05, 0.1) is 11.9 Å². The molecule has 1 saturated heterocycles. The molecule has 0 aliphatic carbocycles. The number of nitrogens with one attached hydrogen (secondary N) is 1. The predicted octanol–water partition coefficient (Wildman–Crippen LogP) is 0.120. The van der Waals surface area contributed by atoms with E-state index in [1.54, 1.807) is 35.2 Å². The summed E-state index contributed by atoms with van der Waals surface area (Å²) in [4.78, 5) is 30.4. The van der Waals surface area contributed by atoms with Crippen LogP contribution < -0.4 is 15.8 Å². The second kappa shape index (κ2) is 5.28. The molecule has 2 aromatic rings. The average molecular weight is 302 g/mol. The Morgan fingerprint density at radius 3 is 2.77 bits per heavy atom. The van der Waals surface area contributed by atoms with E-state index < -0.39 is 6.04 Å². The van der Waals surface area contributed by atoms with Crippen LogP contribution in [0.3, 0.4) is 0 Å². The Morgan fingerprint density at radius 1 is 1.32 bits per heavy atom. The molecule has 0 bridgehead atoms. The van der Waals surface area contributed by atoms with Gasteiger partial charge in [-0.15, -0.1) is 0 Å². The van der Waals surface area contributed by atoms with E-state index in [4.69, 9.17) is 0 Å². The van der Waals surface area contributed by atoms with Crippen LogP contribution in [0, 0.1) is 0 Å². The van der Waals surface area contributed by atoms with Crippen LogP contribution in [0.1, 0.15) is 13.3 Å². The molecule has 1 aliphatic rings. The summed E-state index contributed by atoms with van der Waals surface area (Å²) in [5, 5.41) is 7.08. The summed E-state index contributed by atoms with van der Waals surface area (Å²) < 4.78 is 3.08. The quantitative estimate of drug-likeness (QED) is 0.870. The molecule has 116 valence electrons. The van der Waals surface area contributed by atoms with Crippen LogP contribution in [-0.4, -0.2) is 37.3 Å². The monoisotopic (exact) mass is 302 g/mol. The van der Waals surface area contributed by atoms with Crippen molar-refractivity contribution in [1.29, 1.82) is 0 Å². The zero-order valence-electron chi connectivity index (χ0n) is 12.7. The Balaban J connectivity index is 1.84. The molecule has 0 radical (unpaired) electrons. The molecule has 2 unspecified atom stereocenters. The first-order valence-electron chi connectivity index (χ1n) is 7.07. The van der Waals surface area contributed by atoms with Crippen molar-refractivity contribution in [1.82, 2.24) is 19.3 Å². The lowest BCUT2D eigenvalue weighted by molar-refractivity contribution is -0.117. The van der Waals surface area contributed by atoms with Crippen LogP contribution >= 0.6 is 0 Å². The van der Waals surface area contributed by atoms with Crippen LogP contribution in [-0.2, 0) is 18.9 Å². The van der Waals surface area contributed by atoms with Crippen LogP contribution in [0.2, 0.25) is 0 Å². The SMILES string of the molecule is CC1CC(Nc2nccn(C)c2=O)C(=O)N1c1cnn(C)c1. The number of anilines is 2. The maximum Gasteiger partial charge on any atom is 0.293 e. The van der Waals surface area contributed by atoms with E-state index in [-0.39, 0.29) is 23.3 Å². The first-order chi connectivity index (χ1) is 10.5. The maximum absolute atomic E-state index is 12.6. The van der Waals surface area contributed by atoms with Gasteiger partial charge in [-0.25, -0.2) is 4.98 Å². The molecule has 3 heterocycles. The first-order valence-corrected chi connectivity index (χ1v) is 7.07. The number of hydrogen-bond donors (Lipinski definition) is 1. The van der Waals surface area contributed by atoms with E-state index in [0.717, 1.165) is 5.69 Å². The Kier molecular flexibility index (Phi) is 3.44. The number of nitrogens with zero attached hydrogens (tertiary/aromatic N) is 5. The van der Waals surface area contributed by atoms with Gasteiger partial charge >= 0.3 is 0 Å². The van der Waals surface area contributed by atoms with Gasteiger partial charge in [0.25, 0.3) is 5.56 Å². The molecule has 0 saturated carbocycles. The zero-order chi connectivity index (χ0) is 15.9. The molecule has 1 aliphatic heterocycles. The molecule has 8 heteroatoms. The van der Waals surface area contributed by atoms with Gasteiger partial charge < -0.3 is 14.8 Å². The van der Waals surface area contributed by atoms with Gasteiger partial charge in [-0.3, -0.25) is 14.3 Å². The maximum atomic E-state index is 12.6. The van der Waals surface area contributed by atoms with Crippen LogP contribution in [0.15, 0.2) is 29.6 Å². The van der Waals surface area contributed by atoms with Crippen molar-refractivity contribution < 1.29 is 4.79 Å². The Morgan fingerprint density at radius 2 is 2.09 bits per heavy atom. The van der Waals surface area contributed by atoms with Crippen molar-refractivity contribution in [2.45, 2.75) is 25.4 Å². The number of rotatable bonds is 3. The summed E-state index contributed by atoms with van der Waals surface area (Å²) in [6.07, 6.45) is 7.18. The van der Waals surface area contributed by atoms with Crippen molar-refractivity contribution >= 4 is 17.4 Å². The lowest BCUT2D eigenvalue weighted by atomic mass is 10.2. The fourth-order valence-electron chi connectivity index (χ4n) is 2.73. The lowest BCUT2D eigenvalue weighted by Gasteiger charge is -2.19. The molecule has 0 aromatic carbocycles. The third kappa shape index (κ3) is 2.36. The lowest BCUT2D eigenvalue weighted by Crippen LogP contribution is -2.37. The normalized spacial score (nSPS) is 21.4. The second-order valence-corrected chi connectivity index (χ2v) is 5.55. The van der Waals surface area contributed by atoms with Gasteiger partial charge in [0.1, 0.15) is 6.04 Å². The molecular weight excluding hydrogens is 284 g/mol. The molecule has 2 atom stereocenters. The molecule has 22 heavy (non-hydrogen) atoms. The number of amides is 1. The molecule has 2 aromatic heterocycles. The molecule has 0 spiro atoms. The van der Waals surface area contributed by atoms with Crippen molar-refractivity contribution in [3.63, 3.8) is 0 Å². The smallest absolute Gasteiger partial charge is 0.293 e. The number of hydrogen-bond acceptors (Lipinski definition) is 5. The Labute approximate surface area is 127 Å². The summed E-state index contributed by atoms with van der Waals surface area (Å²) in [6.45, 7) is 1.98. The third-order valence-electron chi connectivity index (χ3n) is 3.85. The largest absolute Gasteiger partial charge is 0.354 e. The highest BCUT2D eigenvalue weighted by Gasteiger charge is 2.39. The molecule has 8 nitrogen and oxygen atoms in total. The van der Waals surface area contributed by atoms with Crippen LogP contribution in [0.25, 0.3) is 0 Å². The minimum atomic E-state index is -0.460. The summed E-state index contributed by atoms with van der Waals surface area (Å²) in [6, 6.07) is -0.431. The van der Waals surface area contributed by atoms with Crippen LogP contribution in [0.4, 0.5) is 11.5 Å². The van der Waals surface area contributed by atoms with Crippen LogP contribution in [0.5, 0.6) is 0 Å². The van der Waals surface area contributed by atoms with Gasteiger partial charge in [0.15, 0.2) is 5.82 Å². The molecule has 1 N–H and O–H groups in total. The average Bonchev–Trinajstić information content (AvgIpc) is 2.99. The van der Waals surface area contributed by atoms with E-state index in [1.807, 2.05) is 14.0 Å². The highest BCUT2D eigenvalue weighted by molar-refractivity contribution is 6.01. The number of carbonyl (C=O) groups is 1. The summed E-state index contributed by atoms with van der Waals surface area (Å²) in [5.41, 5.74) is 0.515. The molecule has 1 amide bonds. The minimum absolute atomic E-state index is 0.0294. The fraction of sp³-hybridized carbons (Fsp3) is 0.429. The number of aromatic nitrogens is 4. The van der Waals surface area contributed by atoms with E-state index in [2.05, 4.69) is 15.4 Å². The standard InChI is InChI=1S/C14H18N6O2/c1-9-6-11(17-12-14(22)18(2)5-4-15-12)13(21)20(9)10-7-16-19(3)8-10/h4-5,7-9,11H,6H2,1-3H3,(H,15,17). The zero-order valence-corrected chi connectivity index (χ0v) is 12.7. The first kappa shape index (κ1) is 14.3. The van der Waals surface area contributed by atoms with Crippen molar-refractivity contribution in [2.24, 2.45) is 14.1 Å². The Bertz CT molecular complexity index is 765. The van der Waals surface area contributed by atoms with E-state index >= 15 is 0 Å². The second-order valence-electron chi connectivity index (χ2n) is 5.55. The fourth-order valence-corrected chi connectivity index (χ4v) is 2.73. The summed E-state index contributed by atoms with van der Waals surface area (Å²) >= 11 is 0. The van der Waals surface area contributed by atoms with Gasteiger partial charge in [-0.2, -0.15) is 5.10 Å². The van der Waals surface area contributed by atoms with Crippen molar-refractivity contribution in [3.8, 4) is 0 Å². The van der Waals surface area contributed by atoms with Gasteiger partial charge in [-0.05, 0) is 13.3 Å². The topological polar surface area (TPSA) is 85.1 Å².